The maximum Gasteiger partial charge on any atom is 0.282 e. The second-order valence-electron chi connectivity index (χ2n) is 7.36. The molecular formula is C20H18ClN3O4S. The number of nitrogens with zero attached hydrogens (tertiary/aromatic N) is 1. The van der Waals surface area contributed by atoms with Crippen molar-refractivity contribution in [2.75, 3.05) is 5.32 Å². The van der Waals surface area contributed by atoms with Crippen molar-refractivity contribution in [1.82, 2.24) is 5.32 Å². The van der Waals surface area contributed by atoms with Crippen molar-refractivity contribution in [2.45, 2.75) is 26.3 Å². The predicted molar refractivity (Wildman–Crippen MR) is 115 cm³/mol. The molecule has 1 heterocycles. The molecule has 0 fully saturated rings. The summed E-state index contributed by atoms with van der Waals surface area (Å²) in [5, 5.41) is 17.7. The minimum atomic E-state index is -0.616. The summed E-state index contributed by atoms with van der Waals surface area (Å²) in [7, 11) is 0. The predicted octanol–water partition coefficient (Wildman–Crippen LogP) is 5.24. The lowest BCUT2D eigenvalue weighted by Crippen LogP contribution is -2.40. The van der Waals surface area contributed by atoms with E-state index in [1.807, 2.05) is 20.8 Å². The summed E-state index contributed by atoms with van der Waals surface area (Å²) in [4.78, 5) is 36.2. The molecule has 0 spiro atoms. The Labute approximate surface area is 175 Å². The number of anilines is 1. The fraction of sp³-hybridized carbons (Fsp3) is 0.200. The molecule has 150 valence electrons. The zero-order chi connectivity index (χ0) is 21.3. The first-order valence-electron chi connectivity index (χ1n) is 8.67. The quantitative estimate of drug-likeness (QED) is 0.435. The number of fused-ring (bicyclic) bond motifs is 1. The van der Waals surface area contributed by atoms with Crippen LogP contribution in [0.15, 0.2) is 42.5 Å². The van der Waals surface area contributed by atoms with Crippen molar-refractivity contribution in [3.05, 3.63) is 68.0 Å². The highest BCUT2D eigenvalue weighted by Gasteiger charge is 2.24. The molecule has 2 aromatic carbocycles. The van der Waals surface area contributed by atoms with E-state index in [1.165, 1.54) is 18.2 Å². The number of halogens is 1. The van der Waals surface area contributed by atoms with Crippen LogP contribution in [0.4, 0.5) is 11.4 Å². The molecule has 0 saturated carbocycles. The lowest BCUT2D eigenvalue weighted by atomic mass is 10.1. The Morgan fingerprint density at radius 1 is 1.07 bits per heavy atom. The molecule has 0 saturated heterocycles. The van der Waals surface area contributed by atoms with Gasteiger partial charge in [-0.05, 0) is 32.9 Å². The van der Waals surface area contributed by atoms with Gasteiger partial charge in [-0.15, -0.1) is 11.3 Å². The number of hydrogen-bond donors (Lipinski definition) is 2. The third-order valence-corrected chi connectivity index (χ3v) is 5.69. The molecule has 3 aromatic rings. The molecule has 3 rings (SSSR count). The summed E-state index contributed by atoms with van der Waals surface area (Å²) in [5.41, 5.74) is -0.346. The number of amides is 2. The van der Waals surface area contributed by atoms with Gasteiger partial charge in [-0.1, -0.05) is 35.9 Å². The number of nitrogens with one attached hydrogen (secondary N) is 2. The van der Waals surface area contributed by atoms with E-state index < -0.39 is 16.4 Å². The summed E-state index contributed by atoms with van der Waals surface area (Å²) < 4.78 is 0.614. The molecular weight excluding hydrogens is 414 g/mol. The number of benzene rings is 2. The molecule has 9 heteroatoms. The van der Waals surface area contributed by atoms with Crippen LogP contribution in [0, 0.1) is 10.1 Å². The van der Waals surface area contributed by atoms with E-state index in [2.05, 4.69) is 10.6 Å². The average Bonchev–Trinajstić information content (AvgIpc) is 2.98. The Balaban J connectivity index is 1.99. The number of rotatable bonds is 4. The maximum atomic E-state index is 12.7. The van der Waals surface area contributed by atoms with Crippen LogP contribution in [0.5, 0.6) is 0 Å². The number of thiophene rings is 1. The van der Waals surface area contributed by atoms with Gasteiger partial charge in [-0.2, -0.15) is 0 Å². The van der Waals surface area contributed by atoms with Crippen LogP contribution < -0.4 is 10.6 Å². The Bertz CT molecular complexity index is 1130. The summed E-state index contributed by atoms with van der Waals surface area (Å²) in [6, 6.07) is 10.8. The average molecular weight is 432 g/mol. The number of nitro benzene ring substituents is 1. The molecule has 0 unspecified atom stereocenters. The van der Waals surface area contributed by atoms with Gasteiger partial charge in [0.05, 0.1) is 20.3 Å². The highest BCUT2D eigenvalue weighted by molar-refractivity contribution is 7.22. The fourth-order valence-electron chi connectivity index (χ4n) is 2.75. The summed E-state index contributed by atoms with van der Waals surface area (Å²) in [6.45, 7) is 5.60. The highest BCUT2D eigenvalue weighted by atomic mass is 35.5. The largest absolute Gasteiger partial charge is 0.347 e. The van der Waals surface area contributed by atoms with Crippen LogP contribution in [0.2, 0.25) is 5.02 Å². The summed E-state index contributed by atoms with van der Waals surface area (Å²) in [6.07, 6.45) is 0. The van der Waals surface area contributed by atoms with Gasteiger partial charge in [0.2, 0.25) is 0 Å². The van der Waals surface area contributed by atoms with Gasteiger partial charge in [0.15, 0.2) is 0 Å². The first-order valence-corrected chi connectivity index (χ1v) is 9.86. The van der Waals surface area contributed by atoms with Crippen LogP contribution >= 0.6 is 22.9 Å². The van der Waals surface area contributed by atoms with Gasteiger partial charge in [-0.3, -0.25) is 19.7 Å². The van der Waals surface area contributed by atoms with Gasteiger partial charge < -0.3 is 10.6 Å². The number of carbonyl (C=O) groups is 2. The normalized spacial score (nSPS) is 11.3. The summed E-state index contributed by atoms with van der Waals surface area (Å²) in [5.74, 6) is -0.922. The maximum absolute atomic E-state index is 12.7. The zero-order valence-corrected chi connectivity index (χ0v) is 17.5. The van der Waals surface area contributed by atoms with Gasteiger partial charge in [0.1, 0.15) is 10.4 Å². The number of nitro groups is 1. The van der Waals surface area contributed by atoms with E-state index in [9.17, 15) is 19.7 Å². The smallest absolute Gasteiger partial charge is 0.282 e. The third kappa shape index (κ3) is 4.38. The highest BCUT2D eigenvalue weighted by Crippen LogP contribution is 2.39. The monoisotopic (exact) mass is 431 g/mol. The fourth-order valence-corrected chi connectivity index (χ4v) is 4.22. The van der Waals surface area contributed by atoms with Crippen LogP contribution in [-0.4, -0.2) is 22.3 Å². The van der Waals surface area contributed by atoms with Crippen molar-refractivity contribution in [1.29, 1.82) is 0 Å². The van der Waals surface area contributed by atoms with Crippen LogP contribution in [0.25, 0.3) is 10.1 Å². The molecule has 7 nitrogen and oxygen atoms in total. The molecule has 0 aliphatic heterocycles. The van der Waals surface area contributed by atoms with Crippen LogP contribution in [0.3, 0.4) is 0 Å². The van der Waals surface area contributed by atoms with Gasteiger partial charge in [-0.25, -0.2) is 0 Å². The topological polar surface area (TPSA) is 101 Å². The van der Waals surface area contributed by atoms with Gasteiger partial charge in [0, 0.05) is 17.0 Å². The molecule has 2 N–H and O–H groups in total. The third-order valence-electron chi connectivity index (χ3n) is 3.94. The first kappa shape index (κ1) is 20.8. The first-order chi connectivity index (χ1) is 13.6. The van der Waals surface area contributed by atoms with E-state index in [1.54, 1.807) is 24.3 Å². The van der Waals surface area contributed by atoms with Crippen molar-refractivity contribution in [2.24, 2.45) is 0 Å². The van der Waals surface area contributed by atoms with Crippen molar-refractivity contribution in [3.8, 4) is 0 Å². The van der Waals surface area contributed by atoms with Crippen molar-refractivity contribution < 1.29 is 14.5 Å². The Kier molecular flexibility index (Phi) is 5.59. The molecule has 2 amide bonds. The lowest BCUT2D eigenvalue weighted by molar-refractivity contribution is -0.385. The van der Waals surface area contributed by atoms with E-state index >= 15 is 0 Å². The molecule has 0 radical (unpaired) electrons. The molecule has 1 aromatic heterocycles. The number of para-hydroxylation sites is 1. The second-order valence-corrected chi connectivity index (χ2v) is 8.76. The van der Waals surface area contributed by atoms with E-state index in [-0.39, 0.29) is 17.2 Å². The molecule has 29 heavy (non-hydrogen) atoms. The lowest BCUT2D eigenvalue weighted by Gasteiger charge is -2.19. The van der Waals surface area contributed by atoms with Crippen molar-refractivity contribution in [3.63, 3.8) is 0 Å². The standard InChI is InChI=1S/C20H18ClN3O4S/c1-20(2,3)23-19(26)17-15(21)12-8-6-9-13(16(12)29-17)22-18(25)11-7-4-5-10-14(11)24(27)28/h4-10H,1-3H3,(H,22,25)(H,23,26). The van der Waals surface area contributed by atoms with E-state index in [0.29, 0.717) is 25.7 Å². The summed E-state index contributed by atoms with van der Waals surface area (Å²) >= 11 is 7.58. The van der Waals surface area contributed by atoms with Crippen LogP contribution in [0.1, 0.15) is 40.8 Å². The Morgan fingerprint density at radius 2 is 1.76 bits per heavy atom. The Hall–Kier alpha value is -2.97. The number of hydrogen-bond acceptors (Lipinski definition) is 5. The van der Waals surface area contributed by atoms with Crippen LogP contribution in [-0.2, 0) is 0 Å². The molecule has 0 aliphatic carbocycles. The van der Waals surface area contributed by atoms with E-state index in [4.69, 9.17) is 11.6 Å². The minimum absolute atomic E-state index is 0.0529. The van der Waals surface area contributed by atoms with Crippen molar-refractivity contribution >= 4 is 56.2 Å². The molecule has 0 bridgehead atoms. The molecule has 0 atom stereocenters. The van der Waals surface area contributed by atoms with Gasteiger partial charge in [0.25, 0.3) is 17.5 Å². The molecule has 0 aliphatic rings. The second kappa shape index (κ2) is 7.81. The number of carbonyl (C=O) groups excluding carboxylic acids is 2. The SMILES string of the molecule is CC(C)(C)NC(=O)c1sc2c(NC(=O)c3ccccc3[N+](=O)[O-])cccc2c1Cl. The minimum Gasteiger partial charge on any atom is -0.347 e. The van der Waals surface area contributed by atoms with E-state index in [0.717, 1.165) is 11.3 Å². The zero-order valence-electron chi connectivity index (χ0n) is 15.9. The Morgan fingerprint density at radius 3 is 2.41 bits per heavy atom. The van der Waals surface area contributed by atoms with Gasteiger partial charge >= 0.3 is 0 Å².